The molecule has 6 N–H and O–H groups in total. The van der Waals surface area contributed by atoms with Crippen molar-refractivity contribution in [3.8, 4) is 0 Å². The van der Waals surface area contributed by atoms with Gasteiger partial charge in [0.15, 0.2) is 0 Å². The summed E-state index contributed by atoms with van der Waals surface area (Å²) in [5.74, 6) is -6.17. The summed E-state index contributed by atoms with van der Waals surface area (Å²) in [4.78, 5) is 60.0. The Bertz CT molecular complexity index is 621. The molecule has 46 heavy (non-hydrogen) atoms. The number of aliphatic carboxylic acids is 6. The van der Waals surface area contributed by atoms with Crippen LogP contribution in [0.5, 0.6) is 0 Å². The zero-order chi connectivity index (χ0) is 34.6. The summed E-state index contributed by atoms with van der Waals surface area (Å²) >= 11 is 0. The van der Waals surface area contributed by atoms with Crippen LogP contribution in [0.25, 0.3) is 0 Å². The van der Waals surface area contributed by atoms with Crippen LogP contribution in [0.3, 0.4) is 0 Å². The standard InChI is InChI=1S/3C8H14O7.Al/c3*9-7(10)5-14-3-1-13-2-4-15-6-8(11)12;/h3*1-6H2,(H,9,10)(H,11,12);. The van der Waals surface area contributed by atoms with Gasteiger partial charge in [-0.2, -0.15) is 0 Å². The summed E-state index contributed by atoms with van der Waals surface area (Å²) in [5.41, 5.74) is 0. The van der Waals surface area contributed by atoms with Crippen molar-refractivity contribution in [1.82, 2.24) is 0 Å². The van der Waals surface area contributed by atoms with E-state index in [1.54, 1.807) is 0 Å². The van der Waals surface area contributed by atoms with Crippen LogP contribution in [0.2, 0.25) is 0 Å². The molecular weight excluding hydrogens is 651 g/mol. The monoisotopic (exact) mass is 693 g/mol. The van der Waals surface area contributed by atoms with Gasteiger partial charge in [-0.1, -0.05) is 0 Å². The third-order valence-corrected chi connectivity index (χ3v) is 3.59. The van der Waals surface area contributed by atoms with E-state index in [2.05, 4.69) is 28.4 Å². The van der Waals surface area contributed by atoms with Crippen LogP contribution in [0, 0.1) is 0 Å². The van der Waals surface area contributed by atoms with Crippen LogP contribution in [0.1, 0.15) is 0 Å². The summed E-state index contributed by atoms with van der Waals surface area (Å²) < 4.78 is 43.0. The molecule has 21 nitrogen and oxygen atoms in total. The van der Waals surface area contributed by atoms with E-state index in [-0.39, 0.29) is 136 Å². The molecule has 0 bridgehead atoms. The van der Waals surface area contributed by atoms with Crippen molar-refractivity contribution >= 4 is 53.2 Å². The molecule has 0 aromatic rings. The van der Waals surface area contributed by atoms with Gasteiger partial charge in [0.25, 0.3) is 0 Å². The highest BCUT2D eigenvalue weighted by Crippen LogP contribution is 1.83. The third kappa shape index (κ3) is 60.2. The largest absolute Gasteiger partial charge is 0.480 e. The van der Waals surface area contributed by atoms with E-state index in [9.17, 15) is 28.8 Å². The molecule has 0 aliphatic rings. The van der Waals surface area contributed by atoms with Gasteiger partial charge in [-0.05, 0) is 0 Å². The lowest BCUT2D eigenvalue weighted by Gasteiger charge is -2.04. The molecule has 0 aromatic carbocycles. The summed E-state index contributed by atoms with van der Waals surface area (Å²) in [7, 11) is 0. The molecule has 267 valence electrons. The Hall–Kier alpha value is -3.01. The Kier molecular flexibility index (Phi) is 43.4. The van der Waals surface area contributed by atoms with Gasteiger partial charge in [0, 0.05) is 17.4 Å². The van der Waals surface area contributed by atoms with E-state index < -0.39 is 35.8 Å². The Morgan fingerprint density at radius 3 is 0.478 bits per heavy atom. The summed E-state index contributed by atoms with van der Waals surface area (Å²) in [6.07, 6.45) is 0. The van der Waals surface area contributed by atoms with Crippen molar-refractivity contribution in [2.24, 2.45) is 0 Å². The molecule has 0 aromatic heterocycles. The quantitative estimate of drug-likeness (QED) is 0.0328. The molecule has 0 rings (SSSR count). The van der Waals surface area contributed by atoms with Crippen molar-refractivity contribution in [1.29, 1.82) is 0 Å². The van der Waals surface area contributed by atoms with Gasteiger partial charge in [0.1, 0.15) is 39.6 Å². The van der Waals surface area contributed by atoms with Crippen LogP contribution in [-0.2, 0) is 71.4 Å². The number of hydrogen-bond acceptors (Lipinski definition) is 15. The summed E-state index contributed by atoms with van der Waals surface area (Å²) in [6.45, 7) is 0.547. The minimum Gasteiger partial charge on any atom is -0.480 e. The van der Waals surface area contributed by atoms with Gasteiger partial charge in [-0.3, -0.25) is 0 Å². The first-order chi connectivity index (χ1) is 21.4. The van der Waals surface area contributed by atoms with Crippen LogP contribution >= 0.6 is 0 Å². The van der Waals surface area contributed by atoms with Gasteiger partial charge in [0.05, 0.1) is 79.3 Å². The molecule has 0 fully saturated rings. The fourth-order valence-corrected chi connectivity index (χ4v) is 1.97. The van der Waals surface area contributed by atoms with Crippen molar-refractivity contribution in [3.05, 3.63) is 0 Å². The average molecular weight is 694 g/mol. The van der Waals surface area contributed by atoms with Gasteiger partial charge in [-0.15, -0.1) is 0 Å². The Balaban J connectivity index is -0.000000285. The van der Waals surface area contributed by atoms with Crippen LogP contribution in [0.15, 0.2) is 0 Å². The van der Waals surface area contributed by atoms with Gasteiger partial charge in [-0.25, -0.2) is 28.8 Å². The maximum atomic E-state index is 10.00. The second kappa shape index (κ2) is 40.0. The van der Waals surface area contributed by atoms with Crippen molar-refractivity contribution in [2.45, 2.75) is 0 Å². The van der Waals surface area contributed by atoms with Crippen molar-refractivity contribution in [2.75, 3.05) is 119 Å². The minimum atomic E-state index is -1.03. The highest BCUT2D eigenvalue weighted by molar-refractivity contribution is 5.75. The predicted molar refractivity (Wildman–Crippen MR) is 149 cm³/mol. The van der Waals surface area contributed by atoms with E-state index in [1.165, 1.54) is 0 Å². The summed E-state index contributed by atoms with van der Waals surface area (Å²) in [6, 6.07) is 0. The van der Waals surface area contributed by atoms with Crippen LogP contribution in [0.4, 0.5) is 0 Å². The normalized spacial score (nSPS) is 9.91. The second-order valence-corrected chi connectivity index (χ2v) is 7.52. The molecule has 0 heterocycles. The second-order valence-electron chi connectivity index (χ2n) is 7.52. The zero-order valence-electron chi connectivity index (χ0n) is 25.1. The first-order valence-corrected chi connectivity index (χ1v) is 12.9. The lowest BCUT2D eigenvalue weighted by molar-refractivity contribution is -0.144. The van der Waals surface area contributed by atoms with E-state index in [4.69, 9.17) is 44.8 Å². The lowest BCUT2D eigenvalue weighted by Crippen LogP contribution is -2.14. The molecule has 0 atom stereocenters. The maximum Gasteiger partial charge on any atom is 0.329 e. The molecule has 22 heteroatoms. The number of ether oxygens (including phenoxy) is 9. The zero-order valence-corrected chi connectivity index (χ0v) is 26.3. The number of carboxylic acid groups (broad SMARTS) is 6. The Labute approximate surface area is 274 Å². The number of carboxylic acids is 6. The number of rotatable bonds is 30. The Morgan fingerprint density at radius 2 is 0.370 bits per heavy atom. The fraction of sp³-hybridized carbons (Fsp3) is 0.750. The van der Waals surface area contributed by atoms with E-state index in [0.717, 1.165) is 0 Å². The predicted octanol–water partition coefficient (Wildman–Crippen LogP) is -2.76. The third-order valence-electron chi connectivity index (χ3n) is 3.59. The van der Waals surface area contributed by atoms with E-state index >= 15 is 0 Å². The molecule has 0 aliphatic carbocycles. The fourth-order valence-electron chi connectivity index (χ4n) is 1.97. The first kappa shape index (κ1) is 49.9. The first-order valence-electron chi connectivity index (χ1n) is 12.9. The Morgan fingerprint density at radius 1 is 0.261 bits per heavy atom. The molecule has 3 radical (unpaired) electrons. The average Bonchev–Trinajstić information content (AvgIpc) is 2.94. The van der Waals surface area contributed by atoms with Crippen LogP contribution in [-0.4, -0.2) is 203 Å². The molecule has 0 saturated carbocycles. The maximum absolute atomic E-state index is 10.00. The lowest BCUT2D eigenvalue weighted by atomic mass is 10.7. The number of carbonyl (C=O) groups is 6. The number of hydrogen-bond donors (Lipinski definition) is 6. The van der Waals surface area contributed by atoms with Crippen molar-refractivity contribution < 1.29 is 102 Å². The van der Waals surface area contributed by atoms with E-state index in [0.29, 0.717) is 0 Å². The topological polar surface area (TPSA) is 307 Å². The minimum absolute atomic E-state index is 0. The smallest absolute Gasteiger partial charge is 0.329 e. The molecule has 0 amide bonds. The van der Waals surface area contributed by atoms with Crippen molar-refractivity contribution in [3.63, 3.8) is 0 Å². The van der Waals surface area contributed by atoms with Crippen LogP contribution < -0.4 is 0 Å². The molecule has 0 aliphatic heterocycles. The molecule has 0 saturated heterocycles. The molecule has 0 spiro atoms. The molecule has 0 unspecified atom stereocenters. The highest BCUT2D eigenvalue weighted by Gasteiger charge is 2.00. The highest BCUT2D eigenvalue weighted by atomic mass is 27.0. The summed E-state index contributed by atoms with van der Waals surface area (Å²) in [5, 5.41) is 49.2. The van der Waals surface area contributed by atoms with Gasteiger partial charge < -0.3 is 73.3 Å². The molecular formula is C24H42AlO21. The van der Waals surface area contributed by atoms with Gasteiger partial charge >= 0.3 is 35.8 Å². The van der Waals surface area contributed by atoms with Gasteiger partial charge in [0.2, 0.25) is 0 Å². The van der Waals surface area contributed by atoms with E-state index in [1.807, 2.05) is 0 Å². The SMILES string of the molecule is O=C(O)COCCOCCOCC(=O)O.O=C(O)COCCOCCOCC(=O)O.O=C(O)COCCOCCOCC(=O)O.[Al].